The second kappa shape index (κ2) is 6.91. The van der Waals surface area contributed by atoms with Gasteiger partial charge in [-0.15, -0.1) is 0 Å². The molecule has 1 N–H and O–H groups in total. The van der Waals surface area contributed by atoms with Gasteiger partial charge >= 0.3 is 60.9 Å². The average molecular weight is 428 g/mol. The summed E-state index contributed by atoms with van der Waals surface area (Å²) in [6, 6.07) is 2.00. The van der Waals surface area contributed by atoms with E-state index in [2.05, 4.69) is 5.73 Å². The van der Waals surface area contributed by atoms with Crippen LogP contribution >= 0.6 is 8.38 Å². The Morgan fingerprint density at radius 2 is 2.36 bits per heavy atom. The Labute approximate surface area is 61.8 Å². The number of rotatable bonds is 6. The fraction of sp³-hybridized carbons (Fsp3) is 0.800. The maximum absolute atomic E-state index is 8.19. The van der Waals surface area contributed by atoms with Crippen LogP contribution in [0.15, 0.2) is 0 Å². The molecule has 1 unspecified atom stereocenters. The summed E-state index contributed by atoms with van der Waals surface area (Å²) in [5, 5.41) is 8.19. The number of hydrogen-bond donors (Lipinski definition) is 1. The van der Waals surface area contributed by atoms with Crippen molar-refractivity contribution in [1.82, 2.24) is 5.73 Å². The van der Waals surface area contributed by atoms with Gasteiger partial charge in [-0.25, -0.2) is 0 Å². The van der Waals surface area contributed by atoms with Crippen molar-refractivity contribution in [3.05, 3.63) is 0 Å². The van der Waals surface area contributed by atoms with Crippen molar-refractivity contribution in [3.63, 3.8) is 0 Å². The molecule has 0 aromatic carbocycles. The van der Waals surface area contributed by atoms with Gasteiger partial charge in [0.15, 0.2) is 0 Å². The third kappa shape index (κ3) is 6.69. The Bertz CT molecular complexity index is 130. The van der Waals surface area contributed by atoms with E-state index in [1.54, 1.807) is 0 Å². The standard InChI is InChI=1S/C5H10N2O2P.Rf/c1-10(9-5-7)8-4-2-3-6;/h7H,2,4-5H2,1H3;/q-1;+1. The molecule has 0 fully saturated rings. The molecule has 59 valence electrons. The first-order chi connectivity index (χ1) is 5.31. The van der Waals surface area contributed by atoms with Crippen LogP contribution in [0.5, 0.6) is 0 Å². The Balaban J connectivity index is 3.10. The Morgan fingerprint density at radius 3 is 2.91 bits per heavy atom. The van der Waals surface area contributed by atoms with E-state index in [0.717, 1.165) is 0 Å². The molecule has 11 heavy (non-hydrogen) atoms. The van der Waals surface area contributed by atoms with E-state index in [1.165, 1.54) is 0 Å². The Hall–Kier alpha value is -1.20. The minimum absolute atomic E-state index is 0.439. The quantitative estimate of drug-likeness (QED) is 0.388. The maximum atomic E-state index is 8.19. The second-order valence-electron chi connectivity index (χ2n) is 1.70. The first-order valence-electron chi connectivity index (χ1n) is 3.17. The van der Waals surface area contributed by atoms with Crippen LogP contribution in [-0.4, -0.2) is 20.0 Å². The first-order valence-corrected chi connectivity index (χ1v) is 8.00. The topological polar surface area (TPSA) is 54.3 Å². The summed E-state index contributed by atoms with van der Waals surface area (Å²) in [5.74, 6) is 0. The predicted molar refractivity (Wildman–Crippen MR) is 38.1 cm³/mol. The molecule has 0 aliphatic carbocycles. The van der Waals surface area contributed by atoms with Gasteiger partial charge in [-0.3, -0.25) is 0 Å². The van der Waals surface area contributed by atoms with Crippen LogP contribution in [0.25, 0.3) is 0 Å². The van der Waals surface area contributed by atoms with Gasteiger partial charge in [-0.05, 0) is 0 Å². The van der Waals surface area contributed by atoms with Crippen LogP contribution in [0, 0.1) is 11.3 Å². The van der Waals surface area contributed by atoms with Crippen molar-refractivity contribution in [2.45, 2.75) is 6.42 Å². The number of hydrogen-bond acceptors (Lipinski definition) is 4. The Kier molecular flexibility index (Phi) is 6.16. The van der Waals surface area contributed by atoms with Gasteiger partial charge in [0.2, 0.25) is 0 Å². The molecule has 0 bridgehead atoms. The van der Waals surface area contributed by atoms with Gasteiger partial charge in [0.1, 0.15) is 0 Å². The number of nitriles is 1. The molecular weight excluding hydrogens is 418 g/mol. The zero-order valence-electron chi connectivity index (χ0n) is 6.54. The summed E-state index contributed by atoms with van der Waals surface area (Å²) in [6.45, 7) is 2.95. The molecule has 6 heteroatoms. The summed E-state index contributed by atoms with van der Waals surface area (Å²) in [7, 11) is -0.778. The van der Waals surface area contributed by atoms with Crippen molar-refractivity contribution in [2.24, 2.45) is 0 Å². The molecule has 0 aromatic heterocycles. The second-order valence-corrected chi connectivity index (χ2v) is 5.36. The van der Waals surface area contributed by atoms with E-state index in [0.29, 0.717) is 19.8 Å². The van der Waals surface area contributed by atoms with E-state index < -0.39 is 8.38 Å². The first kappa shape index (κ1) is 9.80. The van der Waals surface area contributed by atoms with Crippen LogP contribution in [0.2, 0.25) is 0 Å². The molecule has 0 radical (unpaired) electrons. The minimum atomic E-state index is -0.778. The zero-order valence-corrected chi connectivity index (χ0v) is 13.8. The molecule has 1 atom stereocenters. The van der Waals surface area contributed by atoms with Crippen LogP contribution in [-0.2, 0) is 9.05 Å². The monoisotopic (exact) mass is 428 g/mol. The number of nitrogens with zero attached hydrogens (tertiary/aromatic N) is 1. The van der Waals surface area contributed by atoms with Gasteiger partial charge in [0.05, 0.1) is 0 Å². The molecule has 0 saturated heterocycles. The Morgan fingerprint density at radius 1 is 1.64 bits per heavy atom. The molecule has 0 heterocycles. The molecule has 0 aliphatic heterocycles. The summed E-state index contributed by atoms with van der Waals surface area (Å²) >= 11 is 0. The SMILES string of the molecule is CP(OCCC#N)OC[NH][Rf]. The molecule has 4 nitrogen and oxygen atoms in total. The van der Waals surface area contributed by atoms with Gasteiger partial charge in [0, 0.05) is 0 Å². The van der Waals surface area contributed by atoms with Crippen LogP contribution in [0.1, 0.15) is 6.42 Å². The molecular formula is C5H10N2O2PRf. The average Bonchev–Trinajstić information content (AvgIpc) is 2.01. The number of nitrogens with one attached hydrogen (secondary N) is 1. The van der Waals surface area contributed by atoms with Crippen LogP contribution < -0.4 is 5.73 Å². The fourth-order valence-corrected chi connectivity index (χ4v) is 2.33. The normalized spacial score (nSPS) is 12.5. The van der Waals surface area contributed by atoms with Gasteiger partial charge < -0.3 is 0 Å². The third-order valence-corrected chi connectivity index (χ3v) is 2.80. The van der Waals surface area contributed by atoms with E-state index in [1.807, 2.05) is 12.7 Å². The van der Waals surface area contributed by atoms with E-state index in [9.17, 15) is 0 Å². The zero-order chi connectivity index (χ0) is 8.53. The summed E-state index contributed by atoms with van der Waals surface area (Å²) in [6.07, 6.45) is 0.439. The predicted octanol–water partition coefficient (Wildman–Crippen LogP) is 0.886. The van der Waals surface area contributed by atoms with Crippen LogP contribution in [0.3, 0.4) is 0 Å². The molecule has 0 saturated carbocycles. The molecule has 0 rings (SSSR count). The fourth-order valence-electron chi connectivity index (χ4n) is 0.394. The third-order valence-electron chi connectivity index (χ3n) is 0.835. The van der Waals surface area contributed by atoms with Crippen molar-refractivity contribution < 1.29 is 9.05 Å². The van der Waals surface area contributed by atoms with Crippen molar-refractivity contribution in [3.8, 4) is 6.07 Å². The van der Waals surface area contributed by atoms with Gasteiger partial charge in [0.25, 0.3) is 0 Å². The van der Waals surface area contributed by atoms with Crippen molar-refractivity contribution >= 4 is 8.38 Å². The summed E-state index contributed by atoms with van der Waals surface area (Å²) in [5.41, 5.74) is 3.05. The van der Waals surface area contributed by atoms with E-state index in [-0.39, 0.29) is 0 Å². The molecule has 0 aliphatic rings. The van der Waals surface area contributed by atoms with Crippen molar-refractivity contribution in [1.29, 1.82) is 5.26 Å². The molecule has 0 aromatic rings. The molecule has 0 spiro atoms. The van der Waals surface area contributed by atoms with Gasteiger partial charge in [-0.1, -0.05) is 0 Å². The van der Waals surface area contributed by atoms with Gasteiger partial charge in [-0.2, -0.15) is 0 Å². The van der Waals surface area contributed by atoms with E-state index >= 15 is 0 Å². The van der Waals surface area contributed by atoms with E-state index in [4.69, 9.17) is 14.3 Å². The van der Waals surface area contributed by atoms with Crippen LogP contribution in [0.4, 0.5) is 0 Å². The summed E-state index contributed by atoms with van der Waals surface area (Å²) in [4.78, 5) is 0. The van der Waals surface area contributed by atoms with Crippen molar-refractivity contribution in [2.75, 3.05) is 20.0 Å². The molecule has 0 amide bonds. The summed E-state index contributed by atoms with van der Waals surface area (Å²) < 4.78 is 10.9.